The van der Waals surface area contributed by atoms with Gasteiger partial charge in [-0.05, 0) is 30.5 Å². The first kappa shape index (κ1) is 18.7. The fourth-order valence-corrected chi connectivity index (χ4v) is 3.70. The molecule has 26 heavy (non-hydrogen) atoms. The maximum atomic E-state index is 12.0. The number of urea groups is 1. The summed E-state index contributed by atoms with van der Waals surface area (Å²) in [6.45, 7) is 0.440. The van der Waals surface area contributed by atoms with Crippen molar-refractivity contribution in [3.8, 4) is 0 Å². The molecule has 0 bridgehead atoms. The Balaban J connectivity index is 1.42. The van der Waals surface area contributed by atoms with Crippen LogP contribution >= 0.6 is 22.9 Å². The Bertz CT molecular complexity index is 757. The minimum atomic E-state index is -0.231. The average molecular weight is 393 g/mol. The summed E-state index contributed by atoms with van der Waals surface area (Å²) in [7, 11) is 0. The van der Waals surface area contributed by atoms with Gasteiger partial charge in [0.15, 0.2) is 5.13 Å². The lowest BCUT2D eigenvalue weighted by molar-refractivity contribution is -0.120. The number of thiazole rings is 1. The van der Waals surface area contributed by atoms with Crippen LogP contribution in [0, 0.1) is 0 Å². The van der Waals surface area contributed by atoms with Gasteiger partial charge in [-0.1, -0.05) is 36.6 Å². The van der Waals surface area contributed by atoms with Crippen molar-refractivity contribution in [3.63, 3.8) is 0 Å². The van der Waals surface area contributed by atoms with Gasteiger partial charge in [-0.2, -0.15) is 0 Å². The van der Waals surface area contributed by atoms with Crippen LogP contribution in [0.1, 0.15) is 36.9 Å². The van der Waals surface area contributed by atoms with Gasteiger partial charge in [0.05, 0.1) is 12.1 Å². The topological polar surface area (TPSA) is 83.1 Å². The fraction of sp³-hybridized carbons (Fsp3) is 0.389. The quantitative estimate of drug-likeness (QED) is 0.700. The molecule has 6 nitrogen and oxygen atoms in total. The largest absolute Gasteiger partial charge is 0.352 e. The van der Waals surface area contributed by atoms with E-state index in [0.29, 0.717) is 22.4 Å². The Morgan fingerprint density at radius 3 is 2.65 bits per heavy atom. The number of benzene rings is 1. The lowest BCUT2D eigenvalue weighted by atomic mass is 10.2. The van der Waals surface area contributed by atoms with Gasteiger partial charge < -0.3 is 10.6 Å². The normalized spacial score (nSPS) is 14.2. The fourth-order valence-electron chi connectivity index (χ4n) is 2.86. The summed E-state index contributed by atoms with van der Waals surface area (Å²) in [5, 5.41) is 11.5. The molecule has 8 heteroatoms. The van der Waals surface area contributed by atoms with E-state index in [0.717, 1.165) is 31.2 Å². The Kier molecular flexibility index (Phi) is 6.46. The molecule has 3 rings (SSSR count). The smallest absolute Gasteiger partial charge is 0.321 e. The number of hydrogen-bond acceptors (Lipinski definition) is 4. The third-order valence-electron chi connectivity index (χ3n) is 4.21. The first-order valence-electron chi connectivity index (χ1n) is 8.61. The number of halogens is 1. The number of amides is 3. The van der Waals surface area contributed by atoms with E-state index in [1.165, 1.54) is 11.3 Å². The van der Waals surface area contributed by atoms with Crippen LogP contribution in [0.2, 0.25) is 5.02 Å². The summed E-state index contributed by atoms with van der Waals surface area (Å²) in [5.74, 6) is -0.118. The molecule has 138 valence electrons. The van der Waals surface area contributed by atoms with Crippen LogP contribution < -0.4 is 16.0 Å². The van der Waals surface area contributed by atoms with E-state index in [9.17, 15) is 9.59 Å². The number of carbonyl (C=O) groups excluding carboxylic acids is 2. The summed E-state index contributed by atoms with van der Waals surface area (Å²) in [5.41, 5.74) is 1.62. The van der Waals surface area contributed by atoms with E-state index >= 15 is 0 Å². The van der Waals surface area contributed by atoms with Gasteiger partial charge in [-0.15, -0.1) is 11.3 Å². The van der Waals surface area contributed by atoms with E-state index in [2.05, 4.69) is 20.9 Å². The van der Waals surface area contributed by atoms with Crippen LogP contribution in [-0.4, -0.2) is 23.0 Å². The molecule has 3 N–H and O–H groups in total. The van der Waals surface area contributed by atoms with Gasteiger partial charge >= 0.3 is 6.03 Å². The van der Waals surface area contributed by atoms with Crippen LogP contribution in [-0.2, 0) is 17.8 Å². The van der Waals surface area contributed by atoms with Gasteiger partial charge in [-0.3, -0.25) is 10.1 Å². The summed E-state index contributed by atoms with van der Waals surface area (Å²) in [4.78, 5) is 28.3. The Labute approximate surface area is 161 Å². The number of carbonyl (C=O) groups is 2. The van der Waals surface area contributed by atoms with Gasteiger partial charge in [0.2, 0.25) is 5.91 Å². The Hall–Kier alpha value is -2.12. The maximum Gasteiger partial charge on any atom is 0.321 e. The molecule has 3 amide bonds. The molecule has 2 aromatic rings. The van der Waals surface area contributed by atoms with Gasteiger partial charge in [0.25, 0.3) is 0 Å². The highest BCUT2D eigenvalue weighted by atomic mass is 35.5. The van der Waals surface area contributed by atoms with E-state index < -0.39 is 0 Å². The Morgan fingerprint density at radius 2 is 1.92 bits per heavy atom. The van der Waals surface area contributed by atoms with Crippen molar-refractivity contribution in [3.05, 3.63) is 45.9 Å². The van der Waals surface area contributed by atoms with Crippen molar-refractivity contribution in [1.82, 2.24) is 15.6 Å². The van der Waals surface area contributed by atoms with Crippen LogP contribution in [0.25, 0.3) is 0 Å². The SMILES string of the molecule is O=C(Cc1csc(NC(=O)NC2CCCC2)n1)NCc1ccc(Cl)cc1. The number of nitrogens with one attached hydrogen (secondary N) is 3. The molecule has 1 saturated carbocycles. The van der Waals surface area contributed by atoms with Crippen LogP contribution in [0.3, 0.4) is 0 Å². The first-order valence-corrected chi connectivity index (χ1v) is 9.87. The number of hydrogen-bond donors (Lipinski definition) is 3. The second kappa shape index (κ2) is 9.00. The lowest BCUT2D eigenvalue weighted by Gasteiger charge is -2.11. The third-order valence-corrected chi connectivity index (χ3v) is 5.27. The predicted molar refractivity (Wildman–Crippen MR) is 104 cm³/mol. The third kappa shape index (κ3) is 5.71. The molecule has 1 aromatic heterocycles. The second-order valence-electron chi connectivity index (χ2n) is 6.30. The number of rotatable bonds is 6. The highest BCUT2D eigenvalue weighted by Gasteiger charge is 2.17. The second-order valence-corrected chi connectivity index (χ2v) is 7.60. The molecule has 1 heterocycles. The summed E-state index contributed by atoms with van der Waals surface area (Å²) >= 11 is 7.15. The molecule has 0 spiro atoms. The Morgan fingerprint density at radius 1 is 1.19 bits per heavy atom. The van der Waals surface area contributed by atoms with Crippen molar-refractivity contribution in [2.45, 2.75) is 44.7 Å². The van der Waals surface area contributed by atoms with Crippen molar-refractivity contribution in [2.75, 3.05) is 5.32 Å². The van der Waals surface area contributed by atoms with E-state index in [-0.39, 0.29) is 24.4 Å². The van der Waals surface area contributed by atoms with Gasteiger partial charge in [0.1, 0.15) is 0 Å². The first-order chi connectivity index (χ1) is 12.6. The highest BCUT2D eigenvalue weighted by molar-refractivity contribution is 7.13. The standard InChI is InChI=1S/C18H21ClN4O2S/c19-13-7-5-12(6-8-13)10-20-16(24)9-15-11-26-18(22-15)23-17(25)21-14-3-1-2-4-14/h5-8,11,14H,1-4,9-10H2,(H,20,24)(H2,21,22,23,25). The maximum absolute atomic E-state index is 12.0. The number of anilines is 1. The van der Waals surface area contributed by atoms with Gasteiger partial charge in [0, 0.05) is 23.0 Å². The van der Waals surface area contributed by atoms with Crippen molar-refractivity contribution >= 4 is 40.0 Å². The van der Waals surface area contributed by atoms with Crippen LogP contribution in [0.4, 0.5) is 9.93 Å². The van der Waals surface area contributed by atoms with E-state index in [1.54, 1.807) is 17.5 Å². The van der Waals surface area contributed by atoms with E-state index in [1.807, 2.05) is 12.1 Å². The monoisotopic (exact) mass is 392 g/mol. The van der Waals surface area contributed by atoms with E-state index in [4.69, 9.17) is 11.6 Å². The molecular weight excluding hydrogens is 372 g/mol. The predicted octanol–water partition coefficient (Wildman–Crippen LogP) is 3.72. The molecule has 0 radical (unpaired) electrons. The minimum Gasteiger partial charge on any atom is -0.352 e. The number of aromatic nitrogens is 1. The molecule has 0 unspecified atom stereocenters. The zero-order valence-electron chi connectivity index (χ0n) is 14.3. The minimum absolute atomic E-state index is 0.118. The molecule has 0 atom stereocenters. The summed E-state index contributed by atoms with van der Waals surface area (Å²) < 4.78 is 0. The molecule has 0 aliphatic heterocycles. The molecular formula is C18H21ClN4O2S. The molecule has 0 saturated heterocycles. The van der Waals surface area contributed by atoms with Crippen LogP contribution in [0.5, 0.6) is 0 Å². The van der Waals surface area contributed by atoms with Crippen molar-refractivity contribution in [2.24, 2.45) is 0 Å². The molecule has 1 aliphatic rings. The highest BCUT2D eigenvalue weighted by Crippen LogP contribution is 2.19. The summed E-state index contributed by atoms with van der Waals surface area (Å²) in [6, 6.07) is 7.35. The molecule has 1 aliphatic carbocycles. The van der Waals surface area contributed by atoms with Crippen molar-refractivity contribution in [1.29, 1.82) is 0 Å². The van der Waals surface area contributed by atoms with Gasteiger partial charge in [-0.25, -0.2) is 9.78 Å². The zero-order valence-corrected chi connectivity index (χ0v) is 15.8. The molecule has 1 fully saturated rings. The zero-order chi connectivity index (χ0) is 18.4. The molecule has 1 aromatic carbocycles. The van der Waals surface area contributed by atoms with Crippen molar-refractivity contribution < 1.29 is 9.59 Å². The van der Waals surface area contributed by atoms with Crippen LogP contribution in [0.15, 0.2) is 29.6 Å². The summed E-state index contributed by atoms with van der Waals surface area (Å²) in [6.07, 6.45) is 4.57. The lowest BCUT2D eigenvalue weighted by Crippen LogP contribution is -2.36. The average Bonchev–Trinajstić information content (AvgIpc) is 3.26. The number of nitrogens with zero attached hydrogens (tertiary/aromatic N) is 1.